The van der Waals surface area contributed by atoms with Crippen LogP contribution in [0.2, 0.25) is 0 Å². The Bertz CT molecular complexity index is 619. The lowest BCUT2D eigenvalue weighted by Gasteiger charge is -2.33. The topological polar surface area (TPSA) is 21.3 Å². The quantitative estimate of drug-likeness (QED) is 0.853. The van der Waals surface area contributed by atoms with Crippen molar-refractivity contribution in [2.45, 2.75) is 23.1 Å². The van der Waals surface area contributed by atoms with Crippen LogP contribution in [0.3, 0.4) is 0 Å². The highest BCUT2D eigenvalue weighted by Gasteiger charge is 2.30. The number of hydrogen-bond acceptors (Lipinski definition) is 3. The number of fused-ring (bicyclic) bond motifs is 1. The largest absolute Gasteiger partial charge is 0.492 e. The molecule has 0 bridgehead atoms. The molecule has 0 saturated heterocycles. The molecule has 2 aromatic carbocycles. The molecule has 1 heterocycles. The number of thioether (sulfide) groups is 1. The van der Waals surface area contributed by atoms with Crippen LogP contribution in [0.25, 0.3) is 0 Å². The SMILES string of the molecule is CCNC1c2ccccc2OCC1Sc1cccc(Br)c1. The van der Waals surface area contributed by atoms with Crippen molar-refractivity contribution in [3.8, 4) is 5.75 Å². The Hall–Kier alpha value is -0.970. The molecular formula is C17H18BrNOS. The average molecular weight is 364 g/mol. The summed E-state index contributed by atoms with van der Waals surface area (Å²) in [6, 6.07) is 17.1. The Balaban J connectivity index is 1.85. The molecule has 1 aliphatic rings. The molecule has 110 valence electrons. The fraction of sp³-hybridized carbons (Fsp3) is 0.294. The molecule has 4 heteroatoms. The minimum Gasteiger partial charge on any atom is -0.492 e. The van der Waals surface area contributed by atoms with Gasteiger partial charge in [-0.05, 0) is 30.8 Å². The molecular weight excluding hydrogens is 346 g/mol. The highest BCUT2D eigenvalue weighted by molar-refractivity contribution is 9.10. The predicted molar refractivity (Wildman–Crippen MR) is 92.1 cm³/mol. The minimum absolute atomic E-state index is 0.323. The van der Waals surface area contributed by atoms with Crippen LogP contribution in [-0.4, -0.2) is 18.4 Å². The number of benzene rings is 2. The molecule has 1 aliphatic heterocycles. The van der Waals surface area contributed by atoms with E-state index in [1.807, 2.05) is 17.8 Å². The maximum Gasteiger partial charge on any atom is 0.124 e. The van der Waals surface area contributed by atoms with Gasteiger partial charge in [-0.2, -0.15) is 0 Å². The van der Waals surface area contributed by atoms with E-state index in [4.69, 9.17) is 4.74 Å². The molecule has 3 rings (SSSR count). The fourth-order valence-electron chi connectivity index (χ4n) is 2.62. The van der Waals surface area contributed by atoms with Crippen LogP contribution < -0.4 is 10.1 Å². The van der Waals surface area contributed by atoms with Crippen LogP contribution in [0, 0.1) is 0 Å². The first-order chi connectivity index (χ1) is 10.3. The van der Waals surface area contributed by atoms with Crippen LogP contribution in [0.15, 0.2) is 57.9 Å². The maximum absolute atomic E-state index is 5.94. The van der Waals surface area contributed by atoms with Gasteiger partial charge in [0.15, 0.2) is 0 Å². The Morgan fingerprint density at radius 3 is 2.90 bits per heavy atom. The number of rotatable bonds is 4. The van der Waals surface area contributed by atoms with Gasteiger partial charge in [0.1, 0.15) is 12.4 Å². The van der Waals surface area contributed by atoms with E-state index in [0.717, 1.165) is 23.4 Å². The van der Waals surface area contributed by atoms with Crippen molar-refractivity contribution in [1.29, 1.82) is 0 Å². The zero-order valence-electron chi connectivity index (χ0n) is 11.9. The lowest BCUT2D eigenvalue weighted by Crippen LogP contribution is -2.37. The third kappa shape index (κ3) is 3.44. The smallest absolute Gasteiger partial charge is 0.124 e. The van der Waals surface area contributed by atoms with Gasteiger partial charge in [0.25, 0.3) is 0 Å². The summed E-state index contributed by atoms with van der Waals surface area (Å²) in [5.41, 5.74) is 1.26. The van der Waals surface area contributed by atoms with Gasteiger partial charge >= 0.3 is 0 Å². The third-order valence-electron chi connectivity index (χ3n) is 3.54. The molecule has 0 spiro atoms. The van der Waals surface area contributed by atoms with Crippen molar-refractivity contribution in [1.82, 2.24) is 5.32 Å². The standard InChI is InChI=1S/C17H18BrNOS/c1-2-19-17-14-8-3-4-9-15(14)20-11-16(17)21-13-7-5-6-12(18)10-13/h3-10,16-17,19H,2,11H2,1H3. The Labute approximate surface area is 138 Å². The van der Waals surface area contributed by atoms with Crippen LogP contribution in [0.4, 0.5) is 0 Å². The summed E-state index contributed by atoms with van der Waals surface area (Å²) in [4.78, 5) is 1.26. The average Bonchev–Trinajstić information content (AvgIpc) is 2.50. The van der Waals surface area contributed by atoms with Crippen molar-refractivity contribution >= 4 is 27.7 Å². The molecule has 2 unspecified atom stereocenters. The lowest BCUT2D eigenvalue weighted by atomic mass is 10.0. The molecule has 21 heavy (non-hydrogen) atoms. The highest BCUT2D eigenvalue weighted by Crippen LogP contribution is 2.40. The maximum atomic E-state index is 5.94. The van der Waals surface area contributed by atoms with E-state index in [9.17, 15) is 0 Å². The molecule has 0 fully saturated rings. The van der Waals surface area contributed by atoms with Gasteiger partial charge in [0.2, 0.25) is 0 Å². The molecule has 0 aliphatic carbocycles. The van der Waals surface area contributed by atoms with Crippen molar-refractivity contribution in [2.24, 2.45) is 0 Å². The summed E-state index contributed by atoms with van der Waals surface area (Å²) < 4.78 is 7.06. The molecule has 2 atom stereocenters. The summed E-state index contributed by atoms with van der Waals surface area (Å²) in [7, 11) is 0. The van der Waals surface area contributed by atoms with Gasteiger partial charge in [-0.1, -0.05) is 47.1 Å². The molecule has 2 aromatic rings. The fourth-order valence-corrected chi connectivity index (χ4v) is 4.38. The Morgan fingerprint density at radius 2 is 2.10 bits per heavy atom. The van der Waals surface area contributed by atoms with E-state index < -0.39 is 0 Å². The molecule has 1 N–H and O–H groups in total. The van der Waals surface area contributed by atoms with Crippen molar-refractivity contribution in [3.05, 3.63) is 58.6 Å². The van der Waals surface area contributed by atoms with E-state index in [1.54, 1.807) is 0 Å². The second-order valence-corrected chi connectivity index (χ2v) is 7.23. The van der Waals surface area contributed by atoms with Gasteiger partial charge in [0, 0.05) is 14.9 Å². The van der Waals surface area contributed by atoms with E-state index >= 15 is 0 Å². The molecule has 0 amide bonds. The lowest BCUT2D eigenvalue weighted by molar-refractivity contribution is 0.261. The highest BCUT2D eigenvalue weighted by atomic mass is 79.9. The summed E-state index contributed by atoms with van der Waals surface area (Å²) in [6.07, 6.45) is 0. The zero-order chi connectivity index (χ0) is 14.7. The number of para-hydroxylation sites is 1. The van der Waals surface area contributed by atoms with E-state index in [1.165, 1.54) is 10.5 Å². The third-order valence-corrected chi connectivity index (χ3v) is 5.27. The monoisotopic (exact) mass is 363 g/mol. The zero-order valence-corrected chi connectivity index (χ0v) is 14.3. The minimum atomic E-state index is 0.323. The predicted octanol–water partition coefficient (Wildman–Crippen LogP) is 4.65. The Morgan fingerprint density at radius 1 is 1.24 bits per heavy atom. The first-order valence-electron chi connectivity index (χ1n) is 7.15. The van der Waals surface area contributed by atoms with Gasteiger partial charge < -0.3 is 10.1 Å². The van der Waals surface area contributed by atoms with Gasteiger partial charge in [-0.15, -0.1) is 11.8 Å². The number of hydrogen-bond donors (Lipinski definition) is 1. The molecule has 0 aromatic heterocycles. The summed E-state index contributed by atoms with van der Waals surface area (Å²) in [6.45, 7) is 3.83. The summed E-state index contributed by atoms with van der Waals surface area (Å²) >= 11 is 5.41. The van der Waals surface area contributed by atoms with Crippen LogP contribution in [-0.2, 0) is 0 Å². The van der Waals surface area contributed by atoms with Crippen molar-refractivity contribution in [2.75, 3.05) is 13.2 Å². The first-order valence-corrected chi connectivity index (χ1v) is 8.82. The van der Waals surface area contributed by atoms with Crippen LogP contribution in [0.5, 0.6) is 5.75 Å². The van der Waals surface area contributed by atoms with E-state index in [0.29, 0.717) is 11.3 Å². The Kier molecular flexibility index (Phi) is 4.88. The normalized spacial score (nSPS) is 20.7. The second kappa shape index (κ2) is 6.86. The second-order valence-electron chi connectivity index (χ2n) is 5.00. The first kappa shape index (κ1) is 14.9. The van der Waals surface area contributed by atoms with Crippen molar-refractivity contribution in [3.63, 3.8) is 0 Å². The van der Waals surface area contributed by atoms with E-state index in [-0.39, 0.29) is 0 Å². The van der Waals surface area contributed by atoms with Crippen LogP contribution in [0.1, 0.15) is 18.5 Å². The molecule has 0 radical (unpaired) electrons. The number of nitrogens with one attached hydrogen (secondary N) is 1. The summed E-state index contributed by atoms with van der Waals surface area (Å²) in [5, 5.41) is 3.98. The van der Waals surface area contributed by atoms with Gasteiger partial charge in [0.05, 0.1) is 11.3 Å². The molecule has 0 saturated carbocycles. The molecule has 2 nitrogen and oxygen atoms in total. The van der Waals surface area contributed by atoms with Gasteiger partial charge in [-0.25, -0.2) is 0 Å². The number of ether oxygens (including phenoxy) is 1. The van der Waals surface area contributed by atoms with E-state index in [2.05, 4.69) is 70.6 Å². The summed E-state index contributed by atoms with van der Waals surface area (Å²) in [5.74, 6) is 1.01. The van der Waals surface area contributed by atoms with Crippen LogP contribution >= 0.6 is 27.7 Å². The van der Waals surface area contributed by atoms with Gasteiger partial charge in [-0.3, -0.25) is 0 Å². The number of halogens is 1. The van der Waals surface area contributed by atoms with Crippen molar-refractivity contribution < 1.29 is 4.74 Å².